The monoisotopic (exact) mass is 455 g/mol. The number of hydrogen-bond donors (Lipinski definition) is 0. The number of carbonyl (C=O) groups excluding carboxylic acids is 1. The molecule has 3 aromatic rings. The molecule has 0 aliphatic carbocycles. The Morgan fingerprint density at radius 2 is 1.50 bits per heavy atom. The molecule has 1 aromatic heterocycles. The Morgan fingerprint density at radius 3 is 2.03 bits per heavy atom. The van der Waals surface area contributed by atoms with Crippen LogP contribution in [-0.2, 0) is 11.3 Å². The fraction of sp³-hybridized carbons (Fsp3) is 0.292. The van der Waals surface area contributed by atoms with E-state index in [-0.39, 0.29) is 11.7 Å². The van der Waals surface area contributed by atoms with E-state index in [9.17, 15) is 4.79 Å². The summed E-state index contributed by atoms with van der Waals surface area (Å²) in [5, 5.41) is 8.37. The first-order valence-electron chi connectivity index (χ1n) is 10.0. The van der Waals surface area contributed by atoms with Crippen molar-refractivity contribution in [1.29, 1.82) is 0 Å². The zero-order valence-electron chi connectivity index (χ0n) is 18.8. The summed E-state index contributed by atoms with van der Waals surface area (Å²) >= 11 is 6.39. The number of ether oxygens (including phenoxy) is 3. The molecule has 7 nitrogen and oxygen atoms in total. The number of halogens is 1. The third kappa shape index (κ3) is 5.88. The SMILES string of the molecule is COc1ccc(CN(C(=O)OC(C)(C)C)c2cc(-c3ccc(OC)cc3)nnc2Cl)cc1. The number of rotatable bonds is 6. The van der Waals surface area contributed by atoms with Gasteiger partial charge in [0.25, 0.3) is 0 Å². The standard InChI is InChI=1S/C24H26ClN3O4/c1-24(2,3)32-23(29)28(15-16-6-10-18(30-4)11-7-16)21-14-20(26-27-22(21)25)17-8-12-19(31-5)13-9-17/h6-14H,15H2,1-5H3. The molecular weight excluding hydrogens is 430 g/mol. The van der Waals surface area contributed by atoms with Crippen LogP contribution in [0.25, 0.3) is 11.3 Å². The minimum absolute atomic E-state index is 0.0987. The van der Waals surface area contributed by atoms with Crippen molar-refractivity contribution in [3.63, 3.8) is 0 Å². The Bertz CT molecular complexity index is 1060. The van der Waals surface area contributed by atoms with Crippen molar-refractivity contribution in [2.75, 3.05) is 19.1 Å². The molecule has 8 heteroatoms. The second-order valence-electron chi connectivity index (χ2n) is 8.05. The van der Waals surface area contributed by atoms with Crippen molar-refractivity contribution in [3.05, 3.63) is 65.3 Å². The van der Waals surface area contributed by atoms with E-state index in [1.54, 1.807) is 20.3 Å². The van der Waals surface area contributed by atoms with Gasteiger partial charge in [-0.15, -0.1) is 10.2 Å². The molecule has 1 heterocycles. The van der Waals surface area contributed by atoms with E-state index in [0.29, 0.717) is 11.4 Å². The lowest BCUT2D eigenvalue weighted by Gasteiger charge is -2.28. The summed E-state index contributed by atoms with van der Waals surface area (Å²) in [4.78, 5) is 14.6. The van der Waals surface area contributed by atoms with E-state index in [4.69, 9.17) is 25.8 Å². The predicted molar refractivity (Wildman–Crippen MR) is 124 cm³/mol. The maximum atomic E-state index is 13.1. The number of aromatic nitrogens is 2. The maximum absolute atomic E-state index is 13.1. The highest BCUT2D eigenvalue weighted by atomic mass is 35.5. The van der Waals surface area contributed by atoms with Crippen LogP contribution < -0.4 is 14.4 Å². The third-order valence-corrected chi connectivity index (χ3v) is 4.79. The lowest BCUT2D eigenvalue weighted by molar-refractivity contribution is 0.0577. The van der Waals surface area contributed by atoms with Gasteiger partial charge < -0.3 is 14.2 Å². The summed E-state index contributed by atoms with van der Waals surface area (Å²) in [6, 6.07) is 16.5. The van der Waals surface area contributed by atoms with Crippen LogP contribution in [0.5, 0.6) is 11.5 Å². The van der Waals surface area contributed by atoms with Gasteiger partial charge in [-0.25, -0.2) is 4.79 Å². The quantitative estimate of drug-likeness (QED) is 0.470. The lowest BCUT2D eigenvalue weighted by Crippen LogP contribution is -2.36. The molecule has 0 fully saturated rings. The summed E-state index contributed by atoms with van der Waals surface area (Å²) in [5.41, 5.74) is 1.97. The maximum Gasteiger partial charge on any atom is 0.415 e. The highest BCUT2D eigenvalue weighted by molar-refractivity contribution is 6.32. The van der Waals surface area contributed by atoms with E-state index in [2.05, 4.69) is 10.2 Å². The predicted octanol–water partition coefficient (Wildman–Crippen LogP) is 5.76. The van der Waals surface area contributed by atoms with Gasteiger partial charge in [-0.2, -0.15) is 0 Å². The number of amides is 1. The van der Waals surface area contributed by atoms with E-state index in [0.717, 1.165) is 22.6 Å². The van der Waals surface area contributed by atoms with Crippen molar-refractivity contribution in [1.82, 2.24) is 10.2 Å². The molecule has 0 saturated heterocycles. The number of carbonyl (C=O) groups is 1. The lowest BCUT2D eigenvalue weighted by atomic mass is 10.1. The zero-order valence-corrected chi connectivity index (χ0v) is 19.5. The van der Waals surface area contributed by atoms with Crippen LogP contribution in [0.2, 0.25) is 5.15 Å². The van der Waals surface area contributed by atoms with Gasteiger partial charge in [0.1, 0.15) is 17.1 Å². The Labute approximate surface area is 192 Å². The molecule has 0 aliphatic rings. The molecule has 2 aromatic carbocycles. The summed E-state index contributed by atoms with van der Waals surface area (Å²) < 4.78 is 16.1. The first-order chi connectivity index (χ1) is 15.2. The van der Waals surface area contributed by atoms with E-state index in [1.807, 2.05) is 69.3 Å². The smallest absolute Gasteiger partial charge is 0.415 e. The van der Waals surface area contributed by atoms with Crippen molar-refractivity contribution in [3.8, 4) is 22.8 Å². The Morgan fingerprint density at radius 1 is 0.938 bits per heavy atom. The van der Waals surface area contributed by atoms with Crippen LogP contribution in [0, 0.1) is 0 Å². The van der Waals surface area contributed by atoms with E-state index < -0.39 is 11.7 Å². The molecule has 0 bridgehead atoms. The van der Waals surface area contributed by atoms with Crippen LogP contribution >= 0.6 is 11.6 Å². The van der Waals surface area contributed by atoms with Crippen LogP contribution in [0.3, 0.4) is 0 Å². The number of benzene rings is 2. The fourth-order valence-corrected chi connectivity index (χ4v) is 3.13. The molecule has 0 aliphatic heterocycles. The average molecular weight is 456 g/mol. The van der Waals surface area contributed by atoms with Gasteiger partial charge >= 0.3 is 6.09 Å². The second-order valence-corrected chi connectivity index (χ2v) is 8.41. The first-order valence-corrected chi connectivity index (χ1v) is 10.4. The highest BCUT2D eigenvalue weighted by Gasteiger charge is 2.26. The van der Waals surface area contributed by atoms with E-state index >= 15 is 0 Å². The van der Waals surface area contributed by atoms with Crippen LogP contribution in [0.4, 0.5) is 10.5 Å². The Hall–Kier alpha value is -3.32. The summed E-state index contributed by atoms with van der Waals surface area (Å²) in [7, 11) is 3.21. The first kappa shape index (κ1) is 23.3. The van der Waals surface area contributed by atoms with Crippen LogP contribution in [-0.4, -0.2) is 36.1 Å². The van der Waals surface area contributed by atoms with Crippen LogP contribution in [0.1, 0.15) is 26.3 Å². The highest BCUT2D eigenvalue weighted by Crippen LogP contribution is 2.31. The van der Waals surface area contributed by atoms with Gasteiger partial charge in [0.15, 0.2) is 5.15 Å². The molecular formula is C24H26ClN3O4. The van der Waals surface area contributed by atoms with Gasteiger partial charge in [-0.3, -0.25) is 4.90 Å². The van der Waals surface area contributed by atoms with Crippen molar-refractivity contribution in [2.45, 2.75) is 32.9 Å². The average Bonchev–Trinajstić information content (AvgIpc) is 2.77. The fourth-order valence-electron chi connectivity index (χ4n) is 2.94. The molecule has 1 amide bonds. The Balaban J connectivity index is 2.00. The molecule has 0 radical (unpaired) electrons. The molecule has 32 heavy (non-hydrogen) atoms. The van der Waals surface area contributed by atoms with Crippen molar-refractivity contribution < 1.29 is 19.0 Å². The van der Waals surface area contributed by atoms with Crippen molar-refractivity contribution in [2.24, 2.45) is 0 Å². The van der Waals surface area contributed by atoms with Gasteiger partial charge in [0, 0.05) is 5.56 Å². The largest absolute Gasteiger partial charge is 0.497 e. The molecule has 0 spiro atoms. The normalized spacial score (nSPS) is 11.1. The minimum atomic E-state index is -0.680. The van der Waals surface area contributed by atoms with E-state index in [1.165, 1.54) is 4.90 Å². The molecule has 168 valence electrons. The van der Waals surface area contributed by atoms with Gasteiger partial charge in [-0.1, -0.05) is 23.7 Å². The molecule has 0 atom stereocenters. The third-order valence-electron chi connectivity index (χ3n) is 4.52. The minimum Gasteiger partial charge on any atom is -0.497 e. The van der Waals surface area contributed by atoms with Crippen molar-refractivity contribution >= 4 is 23.4 Å². The summed E-state index contributed by atoms with van der Waals surface area (Å²) in [6.07, 6.45) is -0.538. The van der Waals surface area contributed by atoms with Gasteiger partial charge in [-0.05, 0) is 68.8 Å². The van der Waals surface area contributed by atoms with Gasteiger partial charge in [0.2, 0.25) is 0 Å². The summed E-state index contributed by atoms with van der Waals surface area (Å²) in [6.45, 7) is 5.66. The zero-order chi connectivity index (χ0) is 23.3. The number of hydrogen-bond acceptors (Lipinski definition) is 6. The second kappa shape index (κ2) is 9.87. The Kier molecular flexibility index (Phi) is 7.20. The molecule has 3 rings (SSSR count). The van der Waals surface area contributed by atoms with Crippen LogP contribution in [0.15, 0.2) is 54.6 Å². The number of anilines is 1. The summed E-state index contributed by atoms with van der Waals surface area (Å²) in [5.74, 6) is 1.45. The topological polar surface area (TPSA) is 73.8 Å². The van der Waals surface area contributed by atoms with Gasteiger partial charge in [0.05, 0.1) is 32.1 Å². The molecule has 0 N–H and O–H groups in total. The number of nitrogens with zero attached hydrogens (tertiary/aromatic N) is 3. The number of methoxy groups -OCH3 is 2. The molecule has 0 unspecified atom stereocenters. The molecule has 0 saturated carbocycles.